The zero-order chi connectivity index (χ0) is 27.9. The SMILES string of the molecule is O=[N+]([O-])c1ccc(NCCCNCCCCNCCCNc2ccc([N+](=O)[O-])cc2[N+](=O)[O-])c([N+](=O)[O-])c1. The van der Waals surface area contributed by atoms with Crippen LogP contribution in [0.1, 0.15) is 25.7 Å². The van der Waals surface area contributed by atoms with Crippen LogP contribution in [0.4, 0.5) is 34.1 Å². The molecule has 0 atom stereocenters. The molecule has 0 amide bonds. The van der Waals surface area contributed by atoms with E-state index < -0.39 is 19.7 Å². The Morgan fingerprint density at radius 2 is 0.868 bits per heavy atom. The third-order valence-electron chi connectivity index (χ3n) is 5.43. The van der Waals surface area contributed by atoms with Gasteiger partial charge in [-0.2, -0.15) is 0 Å². The second kappa shape index (κ2) is 15.6. The van der Waals surface area contributed by atoms with Crippen LogP contribution in [-0.4, -0.2) is 59.0 Å². The maximum atomic E-state index is 11.1. The van der Waals surface area contributed by atoms with Crippen LogP contribution in [0.5, 0.6) is 0 Å². The van der Waals surface area contributed by atoms with E-state index in [-0.39, 0.29) is 34.1 Å². The first-order valence-electron chi connectivity index (χ1n) is 12.0. The first-order chi connectivity index (χ1) is 18.2. The summed E-state index contributed by atoms with van der Waals surface area (Å²) in [5, 5.41) is 56.3. The number of nitro groups is 4. The highest BCUT2D eigenvalue weighted by molar-refractivity contribution is 5.66. The van der Waals surface area contributed by atoms with Crippen LogP contribution in [0.15, 0.2) is 36.4 Å². The van der Waals surface area contributed by atoms with Gasteiger partial charge in [-0.25, -0.2) is 0 Å². The summed E-state index contributed by atoms with van der Waals surface area (Å²) in [5.41, 5.74) is -0.834. The smallest absolute Gasteiger partial charge is 0.299 e. The predicted octanol–water partition coefficient (Wildman–Crippen LogP) is 3.58. The molecule has 0 aliphatic carbocycles. The van der Waals surface area contributed by atoms with Gasteiger partial charge in [0.05, 0.1) is 31.8 Å². The van der Waals surface area contributed by atoms with E-state index in [0.717, 1.165) is 38.1 Å². The Labute approximate surface area is 217 Å². The Kier molecular flexibility index (Phi) is 12.2. The monoisotopic (exact) mass is 534 g/mol. The molecule has 0 aliphatic rings. The molecule has 0 fully saturated rings. The molecule has 2 aromatic rings. The van der Waals surface area contributed by atoms with Crippen molar-refractivity contribution in [3.63, 3.8) is 0 Å². The van der Waals surface area contributed by atoms with E-state index in [9.17, 15) is 40.5 Å². The Morgan fingerprint density at radius 1 is 0.500 bits per heavy atom. The fraction of sp³-hybridized carbons (Fsp3) is 0.455. The summed E-state index contributed by atoms with van der Waals surface area (Å²) >= 11 is 0. The lowest BCUT2D eigenvalue weighted by Crippen LogP contribution is -2.22. The lowest BCUT2D eigenvalue weighted by atomic mass is 10.2. The van der Waals surface area contributed by atoms with Crippen LogP contribution in [-0.2, 0) is 0 Å². The van der Waals surface area contributed by atoms with Gasteiger partial charge >= 0.3 is 0 Å². The first kappa shape index (κ1) is 29.8. The van der Waals surface area contributed by atoms with Gasteiger partial charge in [0.2, 0.25) is 0 Å². The highest BCUT2D eigenvalue weighted by Crippen LogP contribution is 2.29. The van der Waals surface area contributed by atoms with Crippen molar-refractivity contribution in [1.29, 1.82) is 0 Å². The number of non-ortho nitro benzene ring substituents is 2. The van der Waals surface area contributed by atoms with Crippen LogP contribution in [0.3, 0.4) is 0 Å². The molecule has 0 saturated heterocycles. The van der Waals surface area contributed by atoms with Gasteiger partial charge in [0.25, 0.3) is 22.7 Å². The molecule has 2 rings (SSSR count). The summed E-state index contributed by atoms with van der Waals surface area (Å²) < 4.78 is 0. The van der Waals surface area contributed by atoms with Crippen molar-refractivity contribution in [1.82, 2.24) is 10.6 Å². The van der Waals surface area contributed by atoms with Crippen LogP contribution in [0.25, 0.3) is 0 Å². The number of benzene rings is 2. The number of hydrogen-bond acceptors (Lipinski definition) is 12. The maximum absolute atomic E-state index is 11.1. The quantitative estimate of drug-likeness (QED) is 0.115. The van der Waals surface area contributed by atoms with Gasteiger partial charge < -0.3 is 21.3 Å². The van der Waals surface area contributed by atoms with Crippen LogP contribution >= 0.6 is 0 Å². The molecule has 0 spiro atoms. The average Bonchev–Trinajstić information content (AvgIpc) is 2.88. The molecule has 0 bridgehead atoms. The zero-order valence-electron chi connectivity index (χ0n) is 20.6. The van der Waals surface area contributed by atoms with Crippen molar-refractivity contribution in [2.24, 2.45) is 0 Å². The van der Waals surface area contributed by atoms with E-state index in [1.54, 1.807) is 0 Å². The van der Waals surface area contributed by atoms with Gasteiger partial charge in [-0.05, 0) is 64.0 Å². The van der Waals surface area contributed by atoms with E-state index >= 15 is 0 Å². The second-order valence-corrected chi connectivity index (χ2v) is 8.20. The molecule has 0 unspecified atom stereocenters. The Morgan fingerprint density at radius 3 is 1.21 bits per heavy atom. The van der Waals surface area contributed by atoms with E-state index in [4.69, 9.17) is 0 Å². The van der Waals surface area contributed by atoms with Crippen LogP contribution in [0.2, 0.25) is 0 Å². The molecule has 16 heteroatoms. The minimum atomic E-state index is -0.673. The summed E-state index contributed by atoms with van der Waals surface area (Å²) in [5.74, 6) is 0. The number of nitro benzene ring substituents is 4. The molecule has 0 aliphatic heterocycles. The standard InChI is InChI=1S/C22H30N8O8/c31-27(32)17-5-7-19(21(15-17)29(35)36)25-13-3-11-23-9-1-2-10-24-12-4-14-26-20-8-6-18(28(33)34)16-22(20)30(37)38/h5-8,15-16,23-26H,1-4,9-14H2. The number of anilines is 2. The summed E-state index contributed by atoms with van der Waals surface area (Å²) in [6.07, 6.45) is 3.32. The zero-order valence-corrected chi connectivity index (χ0v) is 20.6. The van der Waals surface area contributed by atoms with Gasteiger partial charge in [0, 0.05) is 25.2 Å². The van der Waals surface area contributed by atoms with E-state index in [1.807, 2.05) is 0 Å². The summed E-state index contributed by atoms with van der Waals surface area (Å²) in [6, 6.07) is 7.01. The lowest BCUT2D eigenvalue weighted by molar-refractivity contribution is -0.393. The molecule has 0 heterocycles. The number of rotatable bonds is 19. The normalized spacial score (nSPS) is 10.6. The largest absolute Gasteiger partial charge is 0.379 e. The van der Waals surface area contributed by atoms with E-state index in [0.29, 0.717) is 39.0 Å². The van der Waals surface area contributed by atoms with E-state index in [2.05, 4.69) is 21.3 Å². The van der Waals surface area contributed by atoms with Crippen LogP contribution in [0, 0.1) is 40.5 Å². The Bertz CT molecular complexity index is 1040. The minimum absolute atomic E-state index is 0.243. The molecule has 16 nitrogen and oxygen atoms in total. The van der Waals surface area contributed by atoms with Crippen molar-refractivity contribution < 1.29 is 19.7 Å². The molecule has 0 aromatic heterocycles. The van der Waals surface area contributed by atoms with Gasteiger partial charge in [0.1, 0.15) is 11.4 Å². The van der Waals surface area contributed by atoms with Crippen molar-refractivity contribution in [3.8, 4) is 0 Å². The molecular formula is C22H30N8O8. The number of hydrogen-bond donors (Lipinski definition) is 4. The molecule has 206 valence electrons. The predicted molar refractivity (Wildman–Crippen MR) is 141 cm³/mol. The van der Waals surface area contributed by atoms with Crippen molar-refractivity contribution in [2.75, 3.05) is 49.9 Å². The van der Waals surface area contributed by atoms with Crippen molar-refractivity contribution in [3.05, 3.63) is 76.9 Å². The first-order valence-corrected chi connectivity index (χ1v) is 12.0. The Hall–Kier alpha value is -4.44. The topological polar surface area (TPSA) is 221 Å². The fourth-order valence-electron chi connectivity index (χ4n) is 3.49. The number of nitrogens with zero attached hydrogens (tertiary/aromatic N) is 4. The number of unbranched alkanes of at least 4 members (excludes halogenated alkanes) is 1. The highest BCUT2D eigenvalue weighted by Gasteiger charge is 2.20. The number of nitrogens with one attached hydrogen (secondary N) is 4. The van der Waals surface area contributed by atoms with Crippen molar-refractivity contribution >= 4 is 34.1 Å². The molecule has 0 radical (unpaired) electrons. The van der Waals surface area contributed by atoms with Gasteiger partial charge in [0.15, 0.2) is 0 Å². The minimum Gasteiger partial charge on any atom is -0.379 e. The maximum Gasteiger partial charge on any atom is 0.299 e. The second-order valence-electron chi connectivity index (χ2n) is 8.20. The average molecular weight is 535 g/mol. The molecule has 0 saturated carbocycles. The van der Waals surface area contributed by atoms with Gasteiger partial charge in [-0.1, -0.05) is 0 Å². The van der Waals surface area contributed by atoms with Gasteiger partial charge in [-0.15, -0.1) is 0 Å². The summed E-state index contributed by atoms with van der Waals surface area (Å²) in [6.45, 7) is 3.99. The third kappa shape index (κ3) is 9.90. The molecule has 2 aromatic carbocycles. The lowest BCUT2D eigenvalue weighted by Gasteiger charge is -2.09. The van der Waals surface area contributed by atoms with Gasteiger partial charge in [-0.3, -0.25) is 40.5 Å². The fourth-order valence-corrected chi connectivity index (χ4v) is 3.49. The van der Waals surface area contributed by atoms with E-state index in [1.165, 1.54) is 24.3 Å². The highest BCUT2D eigenvalue weighted by atomic mass is 16.6. The Balaban J connectivity index is 1.50. The molecule has 38 heavy (non-hydrogen) atoms. The summed E-state index contributed by atoms with van der Waals surface area (Å²) in [7, 11) is 0. The summed E-state index contributed by atoms with van der Waals surface area (Å²) in [4.78, 5) is 41.2. The molecule has 4 N–H and O–H groups in total. The van der Waals surface area contributed by atoms with Crippen LogP contribution < -0.4 is 21.3 Å². The third-order valence-corrected chi connectivity index (χ3v) is 5.43. The van der Waals surface area contributed by atoms with Crippen molar-refractivity contribution in [2.45, 2.75) is 25.7 Å². The molecular weight excluding hydrogens is 504 g/mol.